The second kappa shape index (κ2) is 17.8. The van der Waals surface area contributed by atoms with Gasteiger partial charge >= 0.3 is 33.9 Å². The molecule has 0 amide bonds. The van der Waals surface area contributed by atoms with Gasteiger partial charge in [-0.2, -0.15) is 0 Å². The average molecular weight is 354 g/mol. The maximum atomic E-state index is 9.91. The van der Waals surface area contributed by atoms with E-state index >= 15 is 0 Å². The zero-order chi connectivity index (χ0) is 17.5. The van der Waals surface area contributed by atoms with E-state index in [9.17, 15) is 5.11 Å². The van der Waals surface area contributed by atoms with Gasteiger partial charge < -0.3 is 5.11 Å². The molecule has 0 bridgehead atoms. The van der Waals surface area contributed by atoms with Gasteiger partial charge in [-0.15, -0.1) is 5.54 Å². The van der Waals surface area contributed by atoms with Crippen LogP contribution < -0.4 is 0 Å². The molecule has 0 saturated heterocycles. The summed E-state index contributed by atoms with van der Waals surface area (Å²) in [6.45, 7) is 22.0. The van der Waals surface area contributed by atoms with Crippen LogP contribution >= 0.6 is 0 Å². The number of hydrogen-bond donors (Lipinski definition) is 1. The van der Waals surface area contributed by atoms with Crippen molar-refractivity contribution in [3.63, 3.8) is 0 Å². The Kier molecular flexibility index (Phi) is 23.3. The van der Waals surface area contributed by atoms with Gasteiger partial charge in [-0.1, -0.05) is 49.8 Å². The first kappa shape index (κ1) is 28.8. The third kappa shape index (κ3) is 15.1. The first-order valence-corrected chi connectivity index (χ1v) is 9.28. The van der Waals surface area contributed by atoms with Gasteiger partial charge in [0, 0.05) is 17.4 Å². The Balaban J connectivity index is -0.000000206. The van der Waals surface area contributed by atoms with E-state index in [0.717, 1.165) is 11.1 Å². The molecule has 22 heavy (non-hydrogen) atoms. The quantitative estimate of drug-likeness (QED) is 0.358. The van der Waals surface area contributed by atoms with Crippen LogP contribution in [0.3, 0.4) is 0 Å². The van der Waals surface area contributed by atoms with Crippen LogP contribution in [0.25, 0.3) is 0 Å². The van der Waals surface area contributed by atoms with E-state index in [1.165, 1.54) is 0 Å². The smallest absolute Gasteiger partial charge is 0 e. The Morgan fingerprint density at radius 2 is 1.41 bits per heavy atom. The third-order valence-corrected chi connectivity index (χ3v) is 2.96. The normalized spacial score (nSPS) is 9.05. The van der Waals surface area contributed by atoms with Crippen LogP contribution in [0.15, 0.2) is 24.3 Å². The molecular weight excluding hydrogens is 336 g/mol. The molecule has 4 nitrogen and oxygen atoms in total. The fourth-order valence-electron chi connectivity index (χ4n) is 1.26. The predicted molar refractivity (Wildman–Crippen MR) is 79.0 cm³/mol. The van der Waals surface area contributed by atoms with E-state index in [1.807, 2.05) is 31.2 Å². The van der Waals surface area contributed by atoms with E-state index in [2.05, 4.69) is 51.1 Å². The van der Waals surface area contributed by atoms with Crippen molar-refractivity contribution in [2.75, 3.05) is 0 Å². The summed E-state index contributed by atoms with van der Waals surface area (Å²) in [5.74, 6) is 2.95. The molecule has 1 aromatic rings. The van der Waals surface area contributed by atoms with Crippen molar-refractivity contribution >= 4 is 8.07 Å². The summed E-state index contributed by atoms with van der Waals surface area (Å²) in [4.78, 5) is 0. The molecule has 0 fully saturated rings. The summed E-state index contributed by atoms with van der Waals surface area (Å²) < 4.78 is 22.5. The van der Waals surface area contributed by atoms with Gasteiger partial charge in [0.2, 0.25) is 0 Å². The second-order valence-corrected chi connectivity index (χ2v) is 9.53. The maximum absolute atomic E-state index is 9.91. The van der Waals surface area contributed by atoms with E-state index < -0.39 is 14.2 Å². The van der Waals surface area contributed by atoms with Gasteiger partial charge in [0.15, 0.2) is 0 Å². The number of rotatable bonds is 1. The molecule has 1 rings (SSSR count). The van der Waals surface area contributed by atoms with Crippen molar-refractivity contribution in [1.82, 2.24) is 0 Å². The minimum Gasteiger partial charge on any atom is 0 e. The molecule has 0 aliphatic rings. The monoisotopic (exact) mass is 354 g/mol. The SMILES string of the molecule is Cc1ccccc1[C@@H](O)C#C[Si](C)(C)C.[C-]#[O+].[C-]#[O+].[C-]#[O+].[Cr]. The van der Waals surface area contributed by atoms with Crippen LogP contribution in [-0.4, -0.2) is 13.2 Å². The number of aliphatic hydroxyl groups is 1. The molecule has 1 atom stereocenters. The van der Waals surface area contributed by atoms with Gasteiger partial charge in [0.1, 0.15) is 14.2 Å². The van der Waals surface area contributed by atoms with Crippen LogP contribution in [0.4, 0.5) is 0 Å². The Morgan fingerprint density at radius 3 is 1.77 bits per heavy atom. The molecule has 1 N–H and O–H groups in total. The van der Waals surface area contributed by atoms with E-state index in [0.29, 0.717) is 0 Å². The van der Waals surface area contributed by atoms with Crippen LogP contribution in [0, 0.1) is 38.3 Å². The fraction of sp³-hybridized carbons (Fsp3) is 0.312. The molecule has 0 saturated carbocycles. The van der Waals surface area contributed by atoms with Crippen molar-refractivity contribution in [2.24, 2.45) is 0 Å². The molecule has 0 aliphatic heterocycles. The van der Waals surface area contributed by atoms with Crippen molar-refractivity contribution in [3.05, 3.63) is 55.3 Å². The van der Waals surface area contributed by atoms with Crippen molar-refractivity contribution in [1.29, 1.82) is 0 Å². The van der Waals surface area contributed by atoms with Crippen LogP contribution in [0.5, 0.6) is 0 Å². The molecular formula is C16H18CrO4Si. The zero-order valence-electron chi connectivity index (χ0n) is 13.0. The first-order chi connectivity index (χ1) is 9.90. The average Bonchev–Trinajstić information content (AvgIpc) is 2.51. The molecule has 0 unspecified atom stereocenters. The molecule has 0 aromatic heterocycles. The second-order valence-electron chi connectivity index (χ2n) is 4.78. The molecule has 1 aromatic carbocycles. The number of hydrogen-bond acceptors (Lipinski definition) is 1. The first-order valence-electron chi connectivity index (χ1n) is 5.78. The minimum absolute atomic E-state index is 0. The zero-order valence-corrected chi connectivity index (χ0v) is 15.2. The van der Waals surface area contributed by atoms with Crippen molar-refractivity contribution in [2.45, 2.75) is 32.7 Å². The molecule has 0 aliphatic carbocycles. The Labute approximate surface area is 144 Å². The van der Waals surface area contributed by atoms with Gasteiger partial charge in [-0.05, 0) is 18.1 Å². The number of aryl methyl sites for hydroxylation is 1. The van der Waals surface area contributed by atoms with Crippen LogP contribution in [-0.2, 0) is 31.3 Å². The summed E-state index contributed by atoms with van der Waals surface area (Å²) in [6.07, 6.45) is -0.641. The topological polar surface area (TPSA) is 79.9 Å². The summed E-state index contributed by atoms with van der Waals surface area (Å²) in [7, 11) is -1.39. The molecule has 116 valence electrons. The minimum atomic E-state index is -1.39. The van der Waals surface area contributed by atoms with Gasteiger partial charge in [-0.3, -0.25) is 0 Å². The summed E-state index contributed by atoms with van der Waals surface area (Å²) >= 11 is 0. The Bertz CT molecular complexity index is 504. The number of aliphatic hydroxyl groups excluding tert-OH is 1. The van der Waals surface area contributed by atoms with Crippen LogP contribution in [0.1, 0.15) is 17.2 Å². The number of benzene rings is 1. The molecule has 0 spiro atoms. The van der Waals surface area contributed by atoms with Gasteiger partial charge in [0.05, 0.1) is 0 Å². The van der Waals surface area contributed by atoms with E-state index in [1.54, 1.807) is 0 Å². The molecule has 6 heteroatoms. The Hall–Kier alpha value is -1.29. The predicted octanol–water partition coefficient (Wildman–Crippen LogP) is 2.79. The van der Waals surface area contributed by atoms with Crippen LogP contribution in [0.2, 0.25) is 19.6 Å². The maximum Gasteiger partial charge on any atom is 0 e. The van der Waals surface area contributed by atoms with Crippen molar-refractivity contribution in [3.8, 4) is 11.5 Å². The summed E-state index contributed by atoms with van der Waals surface area (Å²) in [6, 6.07) is 7.83. The molecule has 0 radical (unpaired) electrons. The largest absolute Gasteiger partial charge is 0 e. The fourth-order valence-corrected chi connectivity index (χ4v) is 1.83. The Morgan fingerprint density at radius 1 is 1.00 bits per heavy atom. The van der Waals surface area contributed by atoms with Gasteiger partial charge in [-0.25, -0.2) is 0 Å². The summed E-state index contributed by atoms with van der Waals surface area (Å²) in [5.41, 5.74) is 5.20. The van der Waals surface area contributed by atoms with Crippen molar-refractivity contribution < 1.29 is 36.4 Å². The van der Waals surface area contributed by atoms with E-state index in [-0.39, 0.29) is 17.4 Å². The molecule has 0 heterocycles. The third-order valence-electron chi connectivity index (χ3n) is 2.07. The van der Waals surface area contributed by atoms with Gasteiger partial charge in [0.25, 0.3) is 0 Å². The van der Waals surface area contributed by atoms with E-state index in [4.69, 9.17) is 14.0 Å². The summed E-state index contributed by atoms with van der Waals surface area (Å²) in [5, 5.41) is 9.91. The standard InChI is InChI=1S/C13H18OSi.3CO.Cr/c1-11-7-5-6-8-12(11)13(14)9-10-15(2,3)4;3*1-2;/h5-8,13-14H,1-4H3;;;;/t13-;;;;/m0..../s1.